The largest absolute Gasteiger partial charge is 0.330 e. The van der Waals surface area contributed by atoms with Crippen LogP contribution < -0.4 is 5.32 Å². The molecule has 0 bridgehead atoms. The summed E-state index contributed by atoms with van der Waals surface area (Å²) in [6.45, 7) is 8.11. The fraction of sp³-hybridized carbons (Fsp3) is 0.333. The first-order valence-electron chi connectivity index (χ1n) is 7.45. The second-order valence-electron chi connectivity index (χ2n) is 6.20. The Morgan fingerprint density at radius 1 is 1.05 bits per heavy atom. The second kappa shape index (κ2) is 6.18. The summed E-state index contributed by atoms with van der Waals surface area (Å²) in [5.74, 6) is -1.11. The number of nitrogens with zero attached hydrogens (tertiary/aromatic N) is 1. The molecule has 0 saturated heterocycles. The molecule has 0 heterocycles. The Bertz CT molecular complexity index is 696. The molecule has 0 atom stereocenters. The lowest BCUT2D eigenvalue weighted by molar-refractivity contribution is -0.146. The number of anilines is 1. The van der Waals surface area contributed by atoms with E-state index in [1.54, 1.807) is 11.0 Å². The summed E-state index contributed by atoms with van der Waals surface area (Å²) in [6.07, 6.45) is 0. The summed E-state index contributed by atoms with van der Waals surface area (Å²) in [5, 5.41) is 4.69. The van der Waals surface area contributed by atoms with Crippen LogP contribution in [0.2, 0.25) is 0 Å². The molecule has 4 heteroatoms. The molecule has 2 amide bonds. The molecule has 22 heavy (non-hydrogen) atoms. The van der Waals surface area contributed by atoms with E-state index in [1.807, 2.05) is 64.1 Å². The van der Waals surface area contributed by atoms with E-state index in [4.69, 9.17) is 0 Å². The zero-order valence-electron chi connectivity index (χ0n) is 13.5. The summed E-state index contributed by atoms with van der Waals surface area (Å²) >= 11 is 0. The van der Waals surface area contributed by atoms with Crippen LogP contribution in [0, 0.1) is 0 Å². The third-order valence-electron chi connectivity index (χ3n) is 3.60. The van der Waals surface area contributed by atoms with Crippen LogP contribution in [0.1, 0.15) is 27.7 Å². The highest BCUT2D eigenvalue weighted by Gasteiger charge is 2.29. The van der Waals surface area contributed by atoms with Crippen molar-refractivity contribution in [1.82, 2.24) is 4.90 Å². The minimum absolute atomic E-state index is 0.387. The van der Waals surface area contributed by atoms with Crippen LogP contribution in [0.3, 0.4) is 0 Å². The van der Waals surface area contributed by atoms with Gasteiger partial charge in [-0.05, 0) is 39.1 Å². The number of carbonyl (C=O) groups is 2. The lowest BCUT2D eigenvalue weighted by Crippen LogP contribution is -2.49. The van der Waals surface area contributed by atoms with Crippen LogP contribution in [0.5, 0.6) is 0 Å². The normalized spacial score (nSPS) is 11.3. The van der Waals surface area contributed by atoms with E-state index in [0.29, 0.717) is 12.2 Å². The Balaban J connectivity index is 2.26. The molecule has 0 fully saturated rings. The third kappa shape index (κ3) is 3.27. The SMILES string of the molecule is CCN(C(=O)C(=O)Nc1cccc2ccccc12)C(C)(C)C. The summed E-state index contributed by atoms with van der Waals surface area (Å²) in [5.41, 5.74) is 0.267. The van der Waals surface area contributed by atoms with Gasteiger partial charge in [0.05, 0.1) is 0 Å². The van der Waals surface area contributed by atoms with E-state index in [0.717, 1.165) is 10.8 Å². The molecule has 0 saturated carbocycles. The first-order chi connectivity index (χ1) is 10.3. The van der Waals surface area contributed by atoms with Crippen LogP contribution in [0.4, 0.5) is 5.69 Å². The predicted octanol–water partition coefficient (Wildman–Crippen LogP) is 3.43. The Morgan fingerprint density at radius 3 is 2.32 bits per heavy atom. The second-order valence-corrected chi connectivity index (χ2v) is 6.20. The summed E-state index contributed by atoms with van der Waals surface area (Å²) < 4.78 is 0. The van der Waals surface area contributed by atoms with E-state index in [9.17, 15) is 9.59 Å². The molecule has 4 nitrogen and oxygen atoms in total. The topological polar surface area (TPSA) is 49.4 Å². The number of rotatable bonds is 2. The number of likely N-dealkylation sites (N-methyl/N-ethyl adjacent to an activating group) is 1. The number of hydrogen-bond donors (Lipinski definition) is 1. The van der Waals surface area contributed by atoms with Crippen molar-refractivity contribution in [2.45, 2.75) is 33.2 Å². The average molecular weight is 298 g/mol. The maximum absolute atomic E-state index is 12.4. The van der Waals surface area contributed by atoms with Crippen molar-refractivity contribution in [3.8, 4) is 0 Å². The highest BCUT2D eigenvalue weighted by molar-refractivity contribution is 6.40. The average Bonchev–Trinajstić information content (AvgIpc) is 2.46. The lowest BCUT2D eigenvalue weighted by atomic mass is 10.1. The van der Waals surface area contributed by atoms with Crippen LogP contribution in [0.25, 0.3) is 10.8 Å². The van der Waals surface area contributed by atoms with Crippen molar-refractivity contribution < 1.29 is 9.59 Å². The van der Waals surface area contributed by atoms with Gasteiger partial charge in [-0.2, -0.15) is 0 Å². The maximum atomic E-state index is 12.4. The van der Waals surface area contributed by atoms with Gasteiger partial charge in [0.2, 0.25) is 0 Å². The summed E-state index contributed by atoms with van der Waals surface area (Å²) in [4.78, 5) is 26.2. The van der Waals surface area contributed by atoms with Gasteiger partial charge in [-0.1, -0.05) is 36.4 Å². The molecule has 2 aromatic rings. The molecular formula is C18H22N2O2. The van der Waals surface area contributed by atoms with Crippen molar-refractivity contribution in [3.05, 3.63) is 42.5 Å². The van der Waals surface area contributed by atoms with Gasteiger partial charge in [0, 0.05) is 23.2 Å². The van der Waals surface area contributed by atoms with Crippen LogP contribution in [-0.4, -0.2) is 28.8 Å². The molecule has 0 spiro atoms. The van der Waals surface area contributed by atoms with Crippen molar-refractivity contribution in [1.29, 1.82) is 0 Å². The lowest BCUT2D eigenvalue weighted by Gasteiger charge is -2.34. The zero-order valence-corrected chi connectivity index (χ0v) is 13.5. The summed E-state index contributed by atoms with van der Waals surface area (Å²) in [7, 11) is 0. The molecule has 0 aliphatic rings. The Hall–Kier alpha value is -2.36. The molecule has 0 aromatic heterocycles. The van der Waals surface area contributed by atoms with Gasteiger partial charge in [0.25, 0.3) is 0 Å². The molecule has 0 radical (unpaired) electrons. The minimum atomic E-state index is -0.604. The van der Waals surface area contributed by atoms with Crippen LogP contribution in [0.15, 0.2) is 42.5 Å². The number of carbonyl (C=O) groups excluding carboxylic acids is 2. The molecule has 0 aliphatic heterocycles. The monoisotopic (exact) mass is 298 g/mol. The molecule has 2 rings (SSSR count). The molecule has 116 valence electrons. The van der Waals surface area contributed by atoms with Gasteiger partial charge >= 0.3 is 11.8 Å². The van der Waals surface area contributed by atoms with Crippen molar-refractivity contribution >= 4 is 28.3 Å². The minimum Gasteiger partial charge on any atom is -0.330 e. The predicted molar refractivity (Wildman–Crippen MR) is 89.7 cm³/mol. The Morgan fingerprint density at radius 2 is 1.68 bits per heavy atom. The first kappa shape index (κ1) is 16.0. The summed E-state index contributed by atoms with van der Waals surface area (Å²) in [6, 6.07) is 13.4. The number of amides is 2. The number of nitrogens with one attached hydrogen (secondary N) is 1. The highest BCUT2D eigenvalue weighted by atomic mass is 16.2. The quantitative estimate of drug-likeness (QED) is 0.864. The van der Waals surface area contributed by atoms with Crippen molar-refractivity contribution in [2.75, 3.05) is 11.9 Å². The van der Waals surface area contributed by atoms with E-state index < -0.39 is 11.8 Å². The Labute approximate surface area is 131 Å². The van der Waals surface area contributed by atoms with Crippen molar-refractivity contribution in [2.24, 2.45) is 0 Å². The van der Waals surface area contributed by atoms with Crippen LogP contribution in [-0.2, 0) is 9.59 Å². The molecule has 2 aromatic carbocycles. The fourth-order valence-electron chi connectivity index (χ4n) is 2.56. The van der Waals surface area contributed by atoms with Crippen molar-refractivity contribution in [3.63, 3.8) is 0 Å². The van der Waals surface area contributed by atoms with E-state index >= 15 is 0 Å². The number of hydrogen-bond acceptors (Lipinski definition) is 2. The van der Waals surface area contributed by atoms with Gasteiger partial charge in [-0.15, -0.1) is 0 Å². The van der Waals surface area contributed by atoms with E-state index in [1.165, 1.54) is 0 Å². The third-order valence-corrected chi connectivity index (χ3v) is 3.60. The van der Waals surface area contributed by atoms with Gasteiger partial charge in [0.15, 0.2) is 0 Å². The van der Waals surface area contributed by atoms with E-state index in [2.05, 4.69) is 5.32 Å². The number of fused-ring (bicyclic) bond motifs is 1. The van der Waals surface area contributed by atoms with Crippen LogP contribution >= 0.6 is 0 Å². The standard InChI is InChI=1S/C18H22N2O2/c1-5-20(18(2,3)4)17(22)16(21)19-15-12-8-10-13-9-6-7-11-14(13)15/h6-12H,5H2,1-4H3,(H,19,21). The van der Waals surface area contributed by atoms with Gasteiger partial charge in [-0.3, -0.25) is 9.59 Å². The molecule has 0 aliphatic carbocycles. The Kier molecular flexibility index (Phi) is 4.50. The van der Waals surface area contributed by atoms with Gasteiger partial charge in [-0.25, -0.2) is 0 Å². The number of benzene rings is 2. The smallest absolute Gasteiger partial charge is 0.313 e. The maximum Gasteiger partial charge on any atom is 0.313 e. The molecular weight excluding hydrogens is 276 g/mol. The van der Waals surface area contributed by atoms with E-state index in [-0.39, 0.29) is 5.54 Å². The van der Waals surface area contributed by atoms with Gasteiger partial charge < -0.3 is 10.2 Å². The molecule has 0 unspecified atom stereocenters. The van der Waals surface area contributed by atoms with Gasteiger partial charge in [0.1, 0.15) is 0 Å². The first-order valence-corrected chi connectivity index (χ1v) is 7.45. The zero-order chi connectivity index (χ0) is 16.3. The molecule has 1 N–H and O–H groups in total. The highest BCUT2D eigenvalue weighted by Crippen LogP contribution is 2.23. The fourth-order valence-corrected chi connectivity index (χ4v) is 2.56.